The van der Waals surface area contributed by atoms with Crippen molar-refractivity contribution in [2.45, 2.75) is 39.8 Å². The molecule has 4 aromatic carbocycles. The summed E-state index contributed by atoms with van der Waals surface area (Å²) < 4.78 is 40.5. The molecule has 2 atom stereocenters. The number of hydrogen-bond donors (Lipinski definition) is 2. The van der Waals surface area contributed by atoms with Crippen LogP contribution in [0, 0.1) is 25.5 Å². The smallest absolute Gasteiger partial charge is 0.277 e. The van der Waals surface area contributed by atoms with Crippen LogP contribution in [0.5, 0.6) is 11.5 Å². The van der Waals surface area contributed by atoms with Crippen molar-refractivity contribution in [3.05, 3.63) is 161 Å². The van der Waals surface area contributed by atoms with Crippen LogP contribution in [0.4, 0.5) is 8.78 Å². The fraction of sp³-hybridized carbons (Fsp3) is 0.196. The number of methoxy groups -OCH3 is 2. The lowest BCUT2D eigenvalue weighted by molar-refractivity contribution is -0.126. The summed E-state index contributed by atoms with van der Waals surface area (Å²) in [6.45, 7) is 7.80. The Morgan fingerprint density at radius 1 is 0.698 bits per heavy atom. The third-order valence-electron chi connectivity index (χ3n) is 10.1. The Morgan fingerprint density at radius 2 is 1.17 bits per heavy atom. The lowest BCUT2D eigenvalue weighted by Crippen LogP contribution is -2.33. The summed E-state index contributed by atoms with van der Waals surface area (Å²) in [5, 5.41) is 6.55. The van der Waals surface area contributed by atoms with Gasteiger partial charge in [-0.25, -0.2) is 18.7 Å². The molecule has 0 bridgehead atoms. The third-order valence-corrected chi connectivity index (χ3v) is 10.7. The largest absolute Gasteiger partial charge is 0.495 e. The Hall–Kier alpha value is -7.11. The van der Waals surface area contributed by atoms with Crippen LogP contribution in [0.3, 0.4) is 0 Å². The van der Waals surface area contributed by atoms with Gasteiger partial charge in [-0.3, -0.25) is 24.2 Å². The van der Waals surface area contributed by atoms with E-state index in [1.165, 1.54) is 34.1 Å². The Labute approximate surface area is 374 Å². The van der Waals surface area contributed by atoms with E-state index in [1.54, 1.807) is 69.3 Å². The maximum Gasteiger partial charge on any atom is 0.277 e. The summed E-state index contributed by atoms with van der Waals surface area (Å²) in [6, 6.07) is 22.6. The van der Waals surface area contributed by atoms with Gasteiger partial charge in [0.25, 0.3) is 5.91 Å². The molecule has 324 valence electrons. The van der Waals surface area contributed by atoms with Gasteiger partial charge >= 0.3 is 0 Å². The molecule has 4 heterocycles. The van der Waals surface area contributed by atoms with Gasteiger partial charge in [-0.05, 0) is 129 Å². The minimum Gasteiger partial charge on any atom is -0.495 e. The Kier molecular flexibility index (Phi) is 14.5. The van der Waals surface area contributed by atoms with E-state index in [-0.39, 0.29) is 42.1 Å². The highest BCUT2D eigenvalue weighted by molar-refractivity contribution is 7.80. The zero-order chi connectivity index (χ0) is 45.4. The highest BCUT2D eigenvalue weighted by Crippen LogP contribution is 2.30. The summed E-state index contributed by atoms with van der Waals surface area (Å²) in [6.07, 6.45) is 9.78. The van der Waals surface area contributed by atoms with Gasteiger partial charge in [0.2, 0.25) is 5.91 Å². The van der Waals surface area contributed by atoms with Crippen molar-refractivity contribution >= 4 is 58.8 Å². The van der Waals surface area contributed by atoms with Crippen molar-refractivity contribution in [3.63, 3.8) is 0 Å². The number of aldehydes is 1. The molecule has 0 unspecified atom stereocenters. The topological polar surface area (TPSA) is 136 Å². The number of benzene rings is 4. The minimum absolute atomic E-state index is 0.0539. The maximum absolute atomic E-state index is 13.2. The maximum atomic E-state index is 13.2. The highest BCUT2D eigenvalue weighted by atomic mass is 32.1. The fourth-order valence-corrected chi connectivity index (χ4v) is 7.44. The van der Waals surface area contributed by atoms with Crippen LogP contribution in [-0.4, -0.2) is 78.0 Å². The Bertz CT molecular complexity index is 2670. The Balaban J connectivity index is 0.000000173. The van der Waals surface area contributed by atoms with Crippen LogP contribution in [0.2, 0.25) is 0 Å². The van der Waals surface area contributed by atoms with Crippen molar-refractivity contribution in [1.29, 1.82) is 0 Å². The van der Waals surface area contributed by atoms with E-state index in [2.05, 4.69) is 20.6 Å². The summed E-state index contributed by atoms with van der Waals surface area (Å²) in [5.74, 6) is 0.396. The van der Waals surface area contributed by atoms with Crippen LogP contribution in [0.1, 0.15) is 64.4 Å². The second-order valence-corrected chi connectivity index (χ2v) is 15.1. The molecule has 2 aromatic heterocycles. The number of nitrogens with zero attached hydrogens (tertiary/aromatic N) is 6. The molecule has 0 radical (unpaired) electrons. The number of ether oxygens (including phenoxy) is 2. The van der Waals surface area contributed by atoms with Crippen LogP contribution in [-0.2, 0) is 9.59 Å². The quantitative estimate of drug-likeness (QED) is 0.0794. The van der Waals surface area contributed by atoms with Crippen LogP contribution in [0.15, 0.2) is 116 Å². The number of thiocarbonyl (C=S) groups is 2. The zero-order valence-corrected chi connectivity index (χ0v) is 36.8. The van der Waals surface area contributed by atoms with Gasteiger partial charge in [0.1, 0.15) is 35.1 Å². The lowest BCUT2D eigenvalue weighted by Gasteiger charge is -2.23. The monoisotopic (exact) mass is 890 g/mol. The standard InChI is InChI=1S/C23H21FN4O2S.C12H12N2O2.C11H11FN2OS/c1-14-12-27(13-25-14)20-9-4-16(11-21(20)30-3)10-19-22(29)28(23(31)26-19)15(2)17-5-7-18(24)8-6-17;1-9-6-14(8-13-9)11-4-3-10(7-15)5-12(11)16-2;1-7(8-2-4-9(12)5-3-8)14-10(15)6-13-11(14)16/h4-13,15H,1-3H3,(H,26,31);3-8H,1-2H3;2-5,7H,6H2,1H3,(H,13,16)/b19-10-;;/t15-;;7-/m0.0/s1. The van der Waals surface area contributed by atoms with E-state index in [0.29, 0.717) is 33.0 Å². The molecule has 2 saturated heterocycles. The molecule has 0 spiro atoms. The first-order chi connectivity index (χ1) is 30.2. The van der Waals surface area contributed by atoms with Gasteiger partial charge in [-0.2, -0.15) is 0 Å². The van der Waals surface area contributed by atoms with Gasteiger partial charge in [0, 0.05) is 18.0 Å². The molecule has 17 heteroatoms. The molecule has 2 amide bonds. The number of nitrogens with one attached hydrogen (secondary N) is 2. The van der Waals surface area contributed by atoms with Gasteiger partial charge < -0.3 is 29.2 Å². The number of aromatic nitrogens is 4. The molecule has 0 aliphatic carbocycles. The first-order valence-electron chi connectivity index (χ1n) is 19.5. The molecule has 0 saturated carbocycles. The summed E-state index contributed by atoms with van der Waals surface area (Å²) in [4.78, 5) is 46.7. The first kappa shape index (κ1) is 45.4. The van der Waals surface area contributed by atoms with Crippen molar-refractivity contribution in [2.75, 3.05) is 20.8 Å². The third kappa shape index (κ3) is 10.7. The van der Waals surface area contributed by atoms with E-state index in [9.17, 15) is 23.2 Å². The molecule has 6 aromatic rings. The average molecular weight is 891 g/mol. The van der Waals surface area contributed by atoms with Crippen molar-refractivity contribution in [3.8, 4) is 22.9 Å². The first-order valence-corrected chi connectivity index (χ1v) is 20.3. The van der Waals surface area contributed by atoms with E-state index in [4.69, 9.17) is 33.9 Å². The van der Waals surface area contributed by atoms with Crippen molar-refractivity contribution in [2.24, 2.45) is 0 Å². The van der Waals surface area contributed by atoms with Gasteiger partial charge in [0.15, 0.2) is 10.2 Å². The minimum atomic E-state index is -0.333. The molecular weight excluding hydrogens is 847 g/mol. The zero-order valence-electron chi connectivity index (χ0n) is 35.2. The second kappa shape index (κ2) is 20.2. The molecule has 63 heavy (non-hydrogen) atoms. The summed E-state index contributed by atoms with van der Waals surface area (Å²) in [5.41, 5.74) is 6.95. The summed E-state index contributed by atoms with van der Waals surface area (Å²) >= 11 is 10.4. The van der Waals surface area contributed by atoms with Gasteiger partial charge in [0.05, 0.1) is 68.3 Å². The number of carbonyl (C=O) groups is 3. The Morgan fingerprint density at radius 3 is 1.60 bits per heavy atom. The molecule has 13 nitrogen and oxygen atoms in total. The SMILES string of the molecule is COc1cc(/C=C2\NC(=S)N([C@@H](C)c3ccc(F)cc3)C2=O)ccc1-n1cnc(C)c1.COc1cc(C=O)ccc1-n1cnc(C)c1.C[C@@H](c1ccc(F)cc1)N1C(=O)CNC1=S. The number of imidazole rings is 2. The van der Waals surface area contributed by atoms with E-state index in [0.717, 1.165) is 45.7 Å². The number of amides is 2. The van der Waals surface area contributed by atoms with E-state index < -0.39 is 0 Å². The highest BCUT2D eigenvalue weighted by Gasteiger charge is 2.35. The van der Waals surface area contributed by atoms with Crippen LogP contribution in [0.25, 0.3) is 17.5 Å². The molecule has 2 aliphatic rings. The fourth-order valence-electron chi connectivity index (χ4n) is 6.76. The molecule has 8 rings (SSSR count). The number of hydrogen-bond acceptors (Lipinski definition) is 9. The van der Waals surface area contributed by atoms with Crippen molar-refractivity contribution in [1.82, 2.24) is 39.5 Å². The number of aryl methyl sites for hydroxylation is 2. The average Bonchev–Trinajstić information content (AvgIpc) is 4.07. The van der Waals surface area contributed by atoms with Crippen molar-refractivity contribution < 1.29 is 32.6 Å². The molecular formula is C46H44F2N8O5S2. The van der Waals surface area contributed by atoms with E-state index in [1.807, 2.05) is 73.5 Å². The van der Waals surface area contributed by atoms with Crippen LogP contribution >= 0.6 is 24.4 Å². The predicted octanol–water partition coefficient (Wildman–Crippen LogP) is 7.75. The lowest BCUT2D eigenvalue weighted by atomic mass is 10.1. The van der Waals surface area contributed by atoms with Crippen LogP contribution < -0.4 is 20.1 Å². The van der Waals surface area contributed by atoms with Gasteiger partial charge in [-0.1, -0.05) is 30.3 Å². The summed E-state index contributed by atoms with van der Waals surface area (Å²) in [7, 11) is 3.18. The molecule has 2 aliphatic heterocycles. The molecule has 2 N–H and O–H groups in total. The van der Waals surface area contributed by atoms with Gasteiger partial charge in [-0.15, -0.1) is 0 Å². The van der Waals surface area contributed by atoms with E-state index >= 15 is 0 Å². The predicted molar refractivity (Wildman–Crippen MR) is 243 cm³/mol. The molecule has 2 fully saturated rings. The normalized spacial score (nSPS) is 14.9. The second-order valence-electron chi connectivity index (χ2n) is 14.4. The number of rotatable bonds is 10. The number of carbonyl (C=O) groups excluding carboxylic acids is 3. The number of halogens is 2.